The number of rotatable bonds is 8. The lowest BCUT2D eigenvalue weighted by atomic mass is 10.2. The van der Waals surface area contributed by atoms with Gasteiger partial charge in [0, 0.05) is 29.7 Å². The van der Waals surface area contributed by atoms with Crippen molar-refractivity contribution in [3.63, 3.8) is 0 Å². The van der Waals surface area contributed by atoms with E-state index in [0.717, 1.165) is 23.1 Å². The predicted octanol–water partition coefficient (Wildman–Crippen LogP) is -5.03. The van der Waals surface area contributed by atoms with Crippen LogP contribution in [-0.4, -0.2) is 44.6 Å². The summed E-state index contributed by atoms with van der Waals surface area (Å²) in [5.41, 5.74) is 6.08. The molecular weight excluding hydrogens is 381 g/mol. The van der Waals surface area contributed by atoms with Crippen LogP contribution < -0.4 is 40.6 Å². The molecule has 0 bridgehead atoms. The van der Waals surface area contributed by atoms with Crippen molar-refractivity contribution in [3.05, 3.63) is 28.2 Å². The van der Waals surface area contributed by atoms with E-state index in [2.05, 4.69) is 26.1 Å². The number of nitrogens with one attached hydrogen (secondary N) is 1. The van der Waals surface area contributed by atoms with E-state index in [4.69, 9.17) is 10.5 Å². The monoisotopic (exact) mass is 399 g/mol. The molecule has 0 saturated heterocycles. The van der Waals surface area contributed by atoms with E-state index in [1.807, 2.05) is 32.3 Å². The molecule has 8 heteroatoms. The maximum absolute atomic E-state index is 10.8. The number of nitrogens with two attached hydrogens (primary N) is 1. The molecule has 122 valence electrons. The van der Waals surface area contributed by atoms with E-state index in [1.54, 1.807) is 0 Å². The Morgan fingerprint density at radius 1 is 1.38 bits per heavy atom. The average molecular weight is 401 g/mol. The van der Waals surface area contributed by atoms with Crippen LogP contribution in [0.25, 0.3) is 0 Å². The van der Waals surface area contributed by atoms with Crippen LogP contribution in [0.5, 0.6) is 5.75 Å². The first-order chi connectivity index (χ1) is 8.99. The predicted molar refractivity (Wildman–Crippen MR) is 79.1 cm³/mol. The van der Waals surface area contributed by atoms with Gasteiger partial charge in [0.2, 0.25) is 0 Å². The first-order valence-electron chi connectivity index (χ1n) is 6.04. The molecule has 1 rings (SSSR count). The Morgan fingerprint density at radius 3 is 2.62 bits per heavy atom. The van der Waals surface area contributed by atoms with E-state index in [-0.39, 0.29) is 31.4 Å². The Kier molecular flexibility index (Phi) is 13.1. The molecule has 0 radical (unpaired) electrons. The largest absolute Gasteiger partial charge is 1.00 e. The summed E-state index contributed by atoms with van der Waals surface area (Å²) in [5, 5.41) is 3.33. The second kappa shape index (κ2) is 12.1. The van der Waals surface area contributed by atoms with Gasteiger partial charge in [0.25, 0.3) is 5.91 Å². The summed E-state index contributed by atoms with van der Waals surface area (Å²) in [5.74, 6) is 0.203. The molecular formula is C13H20BrCl2N3O2-2. The smallest absolute Gasteiger partial charge is 0.255 e. The van der Waals surface area contributed by atoms with Crippen molar-refractivity contribution in [2.45, 2.75) is 6.54 Å². The highest BCUT2D eigenvalue weighted by molar-refractivity contribution is 9.10. The molecule has 0 heterocycles. The van der Waals surface area contributed by atoms with Crippen LogP contribution >= 0.6 is 15.9 Å². The van der Waals surface area contributed by atoms with E-state index in [0.29, 0.717) is 12.3 Å². The molecule has 21 heavy (non-hydrogen) atoms. The van der Waals surface area contributed by atoms with Crippen LogP contribution in [0.4, 0.5) is 0 Å². The third kappa shape index (κ3) is 9.92. The van der Waals surface area contributed by atoms with E-state index in [1.165, 1.54) is 0 Å². The lowest BCUT2D eigenvalue weighted by Crippen LogP contribution is -3.00. The summed E-state index contributed by atoms with van der Waals surface area (Å²) >= 11 is 3.43. The Hall–Kier alpha value is -0.530. The lowest BCUT2D eigenvalue weighted by Gasteiger charge is -2.13. The molecule has 0 saturated carbocycles. The van der Waals surface area contributed by atoms with Crippen LogP contribution in [-0.2, 0) is 11.3 Å². The van der Waals surface area contributed by atoms with E-state index in [9.17, 15) is 4.79 Å². The molecule has 1 aromatic rings. The fraction of sp³-hybridized carbons (Fsp3) is 0.462. The van der Waals surface area contributed by atoms with Gasteiger partial charge >= 0.3 is 0 Å². The molecule has 0 spiro atoms. The van der Waals surface area contributed by atoms with Crippen molar-refractivity contribution in [2.75, 3.05) is 33.8 Å². The number of ether oxygens (including phenoxy) is 1. The molecule has 0 aliphatic carbocycles. The Bertz CT molecular complexity index is 434. The molecule has 0 fully saturated rings. The first-order valence-corrected chi connectivity index (χ1v) is 6.83. The Balaban J connectivity index is 0. The van der Waals surface area contributed by atoms with Crippen molar-refractivity contribution < 1.29 is 34.3 Å². The second-order valence-corrected chi connectivity index (χ2v) is 5.40. The van der Waals surface area contributed by atoms with E-state index < -0.39 is 5.91 Å². The van der Waals surface area contributed by atoms with Gasteiger partial charge in [-0.05, 0) is 32.3 Å². The summed E-state index contributed by atoms with van der Waals surface area (Å²) in [7, 11) is 4.06. The molecule has 1 amide bonds. The quantitative estimate of drug-likeness (QED) is 0.429. The van der Waals surface area contributed by atoms with Crippen molar-refractivity contribution in [3.8, 4) is 5.75 Å². The SMILES string of the molecule is CN(C)CCNCc1cc(Br)ccc1OCC(N)=O.[Cl-].[Cl-]. The summed E-state index contributed by atoms with van der Waals surface area (Å²) in [6.45, 7) is 2.42. The Morgan fingerprint density at radius 2 is 2.05 bits per heavy atom. The summed E-state index contributed by atoms with van der Waals surface area (Å²) < 4.78 is 6.36. The second-order valence-electron chi connectivity index (χ2n) is 4.49. The third-order valence-electron chi connectivity index (χ3n) is 2.44. The number of halogens is 3. The van der Waals surface area contributed by atoms with Gasteiger partial charge in [-0.3, -0.25) is 4.79 Å². The Labute approximate surface area is 146 Å². The molecule has 0 aliphatic heterocycles. The minimum absolute atomic E-state index is 0. The average Bonchev–Trinajstić information content (AvgIpc) is 2.33. The van der Waals surface area contributed by atoms with Gasteiger partial charge in [-0.15, -0.1) is 0 Å². The normalized spacial score (nSPS) is 9.71. The van der Waals surface area contributed by atoms with Crippen LogP contribution in [0.1, 0.15) is 5.56 Å². The topological polar surface area (TPSA) is 67.6 Å². The van der Waals surface area contributed by atoms with Gasteiger partial charge < -0.3 is 45.5 Å². The highest BCUT2D eigenvalue weighted by atomic mass is 79.9. The van der Waals surface area contributed by atoms with Gasteiger partial charge in [0.05, 0.1) is 0 Å². The van der Waals surface area contributed by atoms with Crippen molar-refractivity contribution >= 4 is 21.8 Å². The maximum atomic E-state index is 10.8. The van der Waals surface area contributed by atoms with Gasteiger partial charge in [-0.25, -0.2) is 0 Å². The van der Waals surface area contributed by atoms with Crippen molar-refractivity contribution in [2.24, 2.45) is 5.73 Å². The van der Waals surface area contributed by atoms with Crippen molar-refractivity contribution in [1.82, 2.24) is 10.2 Å². The van der Waals surface area contributed by atoms with Gasteiger partial charge in [0.1, 0.15) is 5.75 Å². The zero-order valence-corrected chi connectivity index (χ0v) is 15.1. The molecule has 0 unspecified atom stereocenters. The molecule has 0 aromatic heterocycles. The van der Waals surface area contributed by atoms with Crippen LogP contribution in [0.15, 0.2) is 22.7 Å². The number of carbonyl (C=O) groups is 1. The first kappa shape index (κ1) is 22.7. The highest BCUT2D eigenvalue weighted by Gasteiger charge is 2.06. The van der Waals surface area contributed by atoms with Crippen molar-refractivity contribution in [1.29, 1.82) is 0 Å². The number of amides is 1. The number of likely N-dealkylation sites (N-methyl/N-ethyl adjacent to an activating group) is 1. The number of hydrogen-bond acceptors (Lipinski definition) is 4. The zero-order chi connectivity index (χ0) is 14.3. The van der Waals surface area contributed by atoms with Crippen LogP contribution in [0.2, 0.25) is 0 Å². The third-order valence-corrected chi connectivity index (χ3v) is 2.94. The molecule has 0 aliphatic rings. The summed E-state index contributed by atoms with van der Waals surface area (Å²) in [6, 6.07) is 5.68. The number of nitrogens with zero attached hydrogens (tertiary/aromatic N) is 1. The number of primary amides is 1. The van der Waals surface area contributed by atoms with E-state index >= 15 is 0 Å². The zero-order valence-electron chi connectivity index (χ0n) is 12.0. The summed E-state index contributed by atoms with van der Waals surface area (Å²) in [4.78, 5) is 12.9. The lowest BCUT2D eigenvalue weighted by molar-refractivity contribution is -0.119. The number of carbonyl (C=O) groups excluding carboxylic acids is 1. The molecule has 5 nitrogen and oxygen atoms in total. The van der Waals surface area contributed by atoms with Crippen LogP contribution in [0.3, 0.4) is 0 Å². The standard InChI is InChI=1S/C13H20BrN3O2.2ClH/c1-17(2)6-5-16-8-10-7-11(14)3-4-12(10)19-9-13(15)18;;/h3-4,7,16H,5-6,8-9H2,1-2H3,(H2,15,18);2*1H/p-2. The number of benzene rings is 1. The highest BCUT2D eigenvalue weighted by Crippen LogP contribution is 2.23. The molecule has 0 atom stereocenters. The van der Waals surface area contributed by atoms with Gasteiger partial charge in [0.15, 0.2) is 6.61 Å². The summed E-state index contributed by atoms with van der Waals surface area (Å²) in [6.07, 6.45) is 0. The van der Waals surface area contributed by atoms with Gasteiger partial charge in [-0.2, -0.15) is 0 Å². The minimum Gasteiger partial charge on any atom is -1.00 e. The molecule has 1 aromatic carbocycles. The number of hydrogen-bond donors (Lipinski definition) is 2. The maximum Gasteiger partial charge on any atom is 0.255 e. The van der Waals surface area contributed by atoms with Crippen LogP contribution in [0, 0.1) is 0 Å². The fourth-order valence-electron chi connectivity index (χ4n) is 1.50. The minimum atomic E-state index is -0.477. The fourth-order valence-corrected chi connectivity index (χ4v) is 1.91. The molecule has 3 N–H and O–H groups in total. The van der Waals surface area contributed by atoms with Gasteiger partial charge in [-0.1, -0.05) is 15.9 Å².